The van der Waals surface area contributed by atoms with Crippen LogP contribution >= 0.6 is 12.4 Å². The van der Waals surface area contributed by atoms with Crippen LogP contribution in [0, 0.1) is 5.92 Å². The van der Waals surface area contributed by atoms with Crippen molar-refractivity contribution < 1.29 is 9.53 Å². The summed E-state index contributed by atoms with van der Waals surface area (Å²) < 4.78 is 5.53. The van der Waals surface area contributed by atoms with Gasteiger partial charge in [0, 0.05) is 26.2 Å². The van der Waals surface area contributed by atoms with Gasteiger partial charge in [-0.15, -0.1) is 12.4 Å². The Balaban J connectivity index is 0.00000112. The molecular formula is C10H19ClN2O2. The quantitative estimate of drug-likeness (QED) is 0.739. The van der Waals surface area contributed by atoms with Gasteiger partial charge in [0.1, 0.15) is 0 Å². The summed E-state index contributed by atoms with van der Waals surface area (Å²) in [5.74, 6) is 0.372. The Hall–Kier alpha value is -0.320. The zero-order chi connectivity index (χ0) is 9.80. The fraction of sp³-hybridized carbons (Fsp3) is 0.900. The first-order valence-electron chi connectivity index (χ1n) is 5.46. The predicted molar refractivity (Wildman–Crippen MR) is 60.2 cm³/mol. The minimum absolute atomic E-state index is 0. The lowest BCUT2D eigenvalue weighted by Gasteiger charge is -2.28. The van der Waals surface area contributed by atoms with Crippen molar-refractivity contribution in [1.29, 1.82) is 0 Å². The Morgan fingerprint density at radius 2 is 2.20 bits per heavy atom. The first kappa shape index (κ1) is 12.7. The van der Waals surface area contributed by atoms with E-state index in [1.54, 1.807) is 0 Å². The summed E-state index contributed by atoms with van der Waals surface area (Å²) in [6, 6.07) is 0. The zero-order valence-corrected chi connectivity index (χ0v) is 9.65. The molecule has 2 heterocycles. The normalized spacial score (nSPS) is 26.3. The first-order valence-corrected chi connectivity index (χ1v) is 5.46. The van der Waals surface area contributed by atoms with E-state index in [-0.39, 0.29) is 30.3 Å². The van der Waals surface area contributed by atoms with Gasteiger partial charge in [0.25, 0.3) is 0 Å². The molecule has 2 rings (SSSR count). The number of rotatable bonds is 3. The molecule has 0 saturated carbocycles. The molecule has 0 aromatic carbocycles. The molecule has 1 atom stereocenters. The van der Waals surface area contributed by atoms with Crippen molar-refractivity contribution in [3.63, 3.8) is 0 Å². The minimum Gasteiger partial charge on any atom is -0.376 e. The van der Waals surface area contributed by atoms with Crippen molar-refractivity contribution >= 4 is 18.3 Å². The molecule has 0 aromatic heterocycles. The van der Waals surface area contributed by atoms with Gasteiger partial charge in [-0.3, -0.25) is 4.79 Å². The van der Waals surface area contributed by atoms with Gasteiger partial charge in [-0.2, -0.15) is 0 Å². The van der Waals surface area contributed by atoms with Gasteiger partial charge in [-0.05, 0) is 19.3 Å². The predicted octanol–water partition coefficient (Wildman–Crippen LogP) is 0.313. The van der Waals surface area contributed by atoms with Crippen LogP contribution in [-0.4, -0.2) is 38.3 Å². The summed E-state index contributed by atoms with van der Waals surface area (Å²) in [6.45, 7) is 3.20. The van der Waals surface area contributed by atoms with Gasteiger partial charge < -0.3 is 15.4 Å². The van der Waals surface area contributed by atoms with E-state index in [2.05, 4.69) is 10.6 Å². The number of amides is 1. The second-order valence-corrected chi connectivity index (χ2v) is 4.09. The first-order chi connectivity index (χ1) is 6.86. The van der Waals surface area contributed by atoms with E-state index < -0.39 is 0 Å². The van der Waals surface area contributed by atoms with E-state index in [0.29, 0.717) is 6.54 Å². The lowest BCUT2D eigenvalue weighted by atomic mass is 10.0. The molecule has 0 aromatic rings. The third kappa shape index (κ3) is 3.63. The van der Waals surface area contributed by atoms with E-state index in [0.717, 1.165) is 32.5 Å². The fourth-order valence-electron chi connectivity index (χ4n) is 1.80. The minimum atomic E-state index is 0. The second kappa shape index (κ2) is 6.30. The molecule has 0 aliphatic carbocycles. The van der Waals surface area contributed by atoms with Crippen LogP contribution in [0.1, 0.15) is 19.3 Å². The maximum absolute atomic E-state index is 11.5. The summed E-state index contributed by atoms with van der Waals surface area (Å²) in [6.07, 6.45) is 3.73. The zero-order valence-electron chi connectivity index (χ0n) is 8.83. The van der Waals surface area contributed by atoms with Crippen molar-refractivity contribution in [1.82, 2.24) is 10.6 Å². The summed E-state index contributed by atoms with van der Waals surface area (Å²) in [7, 11) is 0. The van der Waals surface area contributed by atoms with E-state index in [1.165, 1.54) is 6.42 Å². The van der Waals surface area contributed by atoms with Crippen molar-refractivity contribution in [2.75, 3.05) is 26.2 Å². The van der Waals surface area contributed by atoms with Gasteiger partial charge in [-0.25, -0.2) is 0 Å². The number of nitrogens with one attached hydrogen (secondary N) is 2. The number of halogens is 1. The van der Waals surface area contributed by atoms with E-state index >= 15 is 0 Å². The van der Waals surface area contributed by atoms with Crippen LogP contribution in [0.5, 0.6) is 0 Å². The summed E-state index contributed by atoms with van der Waals surface area (Å²) in [5.41, 5.74) is 0. The molecule has 88 valence electrons. The monoisotopic (exact) mass is 234 g/mol. The Morgan fingerprint density at radius 1 is 1.40 bits per heavy atom. The Bertz CT molecular complexity index is 204. The third-order valence-corrected chi connectivity index (χ3v) is 2.93. The Labute approximate surface area is 96.5 Å². The standard InChI is InChI=1S/C10H18N2O2.ClH/c13-10(8-5-11-6-8)12-7-9-3-1-2-4-14-9;/h8-9,11H,1-7H2,(H,12,13);1H/t9-;/m0./s1. The Kier molecular flexibility index (Phi) is 5.36. The molecule has 2 fully saturated rings. The number of ether oxygens (including phenoxy) is 1. The SMILES string of the molecule is Cl.O=C(NC[C@@H]1CCCCO1)C1CNC1. The number of carbonyl (C=O) groups excluding carboxylic acids is 1. The Morgan fingerprint density at radius 3 is 2.73 bits per heavy atom. The summed E-state index contributed by atoms with van der Waals surface area (Å²) >= 11 is 0. The molecule has 0 unspecified atom stereocenters. The summed E-state index contributed by atoms with van der Waals surface area (Å²) in [5, 5.41) is 6.04. The van der Waals surface area contributed by atoms with Crippen LogP contribution in [-0.2, 0) is 9.53 Å². The van der Waals surface area contributed by atoms with E-state index in [1.807, 2.05) is 0 Å². The van der Waals surface area contributed by atoms with Crippen LogP contribution < -0.4 is 10.6 Å². The highest BCUT2D eigenvalue weighted by molar-refractivity contribution is 5.85. The molecule has 4 nitrogen and oxygen atoms in total. The van der Waals surface area contributed by atoms with Gasteiger partial charge >= 0.3 is 0 Å². The third-order valence-electron chi connectivity index (χ3n) is 2.93. The number of hydrogen-bond acceptors (Lipinski definition) is 3. The van der Waals surface area contributed by atoms with Crippen molar-refractivity contribution in [3.05, 3.63) is 0 Å². The average molecular weight is 235 g/mol. The second-order valence-electron chi connectivity index (χ2n) is 4.09. The topological polar surface area (TPSA) is 50.4 Å². The number of hydrogen-bond donors (Lipinski definition) is 2. The lowest BCUT2D eigenvalue weighted by Crippen LogP contribution is -2.52. The smallest absolute Gasteiger partial charge is 0.225 e. The molecule has 2 N–H and O–H groups in total. The largest absolute Gasteiger partial charge is 0.376 e. The van der Waals surface area contributed by atoms with Gasteiger partial charge in [-0.1, -0.05) is 0 Å². The van der Waals surface area contributed by atoms with Crippen molar-refractivity contribution in [2.45, 2.75) is 25.4 Å². The van der Waals surface area contributed by atoms with Crippen molar-refractivity contribution in [3.8, 4) is 0 Å². The molecular weight excluding hydrogens is 216 g/mol. The van der Waals surface area contributed by atoms with Crippen molar-refractivity contribution in [2.24, 2.45) is 5.92 Å². The highest BCUT2D eigenvalue weighted by Crippen LogP contribution is 2.12. The molecule has 2 saturated heterocycles. The highest BCUT2D eigenvalue weighted by Gasteiger charge is 2.25. The van der Waals surface area contributed by atoms with Crippen LogP contribution in [0.3, 0.4) is 0 Å². The molecule has 2 aliphatic heterocycles. The lowest BCUT2D eigenvalue weighted by molar-refractivity contribution is -0.127. The maximum atomic E-state index is 11.5. The van der Waals surface area contributed by atoms with E-state index in [9.17, 15) is 4.79 Å². The van der Waals surface area contributed by atoms with Crippen LogP contribution in [0.25, 0.3) is 0 Å². The molecule has 15 heavy (non-hydrogen) atoms. The van der Waals surface area contributed by atoms with Gasteiger partial charge in [0.05, 0.1) is 12.0 Å². The van der Waals surface area contributed by atoms with Crippen LogP contribution in [0.4, 0.5) is 0 Å². The molecule has 5 heteroatoms. The molecule has 0 spiro atoms. The van der Waals surface area contributed by atoms with E-state index in [4.69, 9.17) is 4.74 Å². The highest BCUT2D eigenvalue weighted by atomic mass is 35.5. The molecule has 2 aliphatic rings. The average Bonchev–Trinajstić information content (AvgIpc) is 2.14. The van der Waals surface area contributed by atoms with Gasteiger partial charge in [0.2, 0.25) is 5.91 Å². The molecule has 0 radical (unpaired) electrons. The summed E-state index contributed by atoms with van der Waals surface area (Å²) in [4.78, 5) is 11.5. The van der Waals surface area contributed by atoms with Crippen LogP contribution in [0.15, 0.2) is 0 Å². The van der Waals surface area contributed by atoms with Crippen LogP contribution in [0.2, 0.25) is 0 Å². The molecule has 1 amide bonds. The number of carbonyl (C=O) groups is 1. The molecule has 0 bridgehead atoms. The maximum Gasteiger partial charge on any atom is 0.225 e. The fourth-order valence-corrected chi connectivity index (χ4v) is 1.80. The van der Waals surface area contributed by atoms with Gasteiger partial charge in [0.15, 0.2) is 0 Å².